The number of nitrogens with zero attached hydrogens (tertiary/aromatic N) is 1. The number of ether oxygens (including phenoxy) is 1. The van der Waals surface area contributed by atoms with Gasteiger partial charge >= 0.3 is 0 Å². The number of primary amides is 1. The molecule has 0 aromatic heterocycles. The van der Waals surface area contributed by atoms with Gasteiger partial charge in [0, 0.05) is 16.8 Å². The lowest BCUT2D eigenvalue weighted by molar-refractivity contribution is 0.0981. The topological polar surface area (TPSA) is 72.6 Å². The Labute approximate surface area is 228 Å². The predicted octanol–water partition coefficient (Wildman–Crippen LogP) is 6.98. The van der Waals surface area contributed by atoms with Crippen LogP contribution in [0.15, 0.2) is 127 Å². The first kappa shape index (κ1) is 25.5. The van der Waals surface area contributed by atoms with Crippen LogP contribution in [0, 0.1) is 0 Å². The lowest BCUT2D eigenvalue weighted by Gasteiger charge is -2.24. The van der Waals surface area contributed by atoms with Gasteiger partial charge in [-0.05, 0) is 52.6 Å². The first-order valence-corrected chi connectivity index (χ1v) is 12.6. The predicted molar refractivity (Wildman–Crippen MR) is 156 cm³/mol. The van der Waals surface area contributed by atoms with Crippen LogP contribution in [0.3, 0.4) is 0 Å². The first-order chi connectivity index (χ1) is 19.1. The average Bonchev–Trinajstić information content (AvgIpc) is 3.00. The number of para-hydroxylation sites is 1. The zero-order valence-corrected chi connectivity index (χ0v) is 21.6. The highest BCUT2D eigenvalue weighted by Gasteiger charge is 2.22. The highest BCUT2D eigenvalue weighted by atomic mass is 16.5. The van der Waals surface area contributed by atoms with Gasteiger partial charge in [0.1, 0.15) is 5.75 Å². The summed E-state index contributed by atoms with van der Waals surface area (Å²) in [7, 11) is 1.55. The van der Waals surface area contributed by atoms with Crippen LogP contribution in [0.1, 0.15) is 26.3 Å². The van der Waals surface area contributed by atoms with Crippen LogP contribution in [0.5, 0.6) is 5.75 Å². The molecule has 0 aliphatic carbocycles. The van der Waals surface area contributed by atoms with Gasteiger partial charge in [-0.1, -0.05) is 97.1 Å². The molecule has 5 nitrogen and oxygen atoms in total. The number of methoxy groups -OCH3 is 1. The molecule has 5 rings (SSSR count). The number of nitrogens with two attached hydrogens (primary N) is 1. The molecule has 0 atom stereocenters. The van der Waals surface area contributed by atoms with Crippen molar-refractivity contribution in [2.75, 3.05) is 12.0 Å². The number of hydrogen-bond acceptors (Lipinski definition) is 3. The fourth-order valence-electron chi connectivity index (χ4n) is 4.76. The lowest BCUT2D eigenvalue weighted by atomic mass is 9.90. The highest BCUT2D eigenvalue weighted by Crippen LogP contribution is 2.37. The van der Waals surface area contributed by atoms with E-state index in [9.17, 15) is 9.59 Å². The highest BCUT2D eigenvalue weighted by molar-refractivity contribution is 6.09. The van der Waals surface area contributed by atoms with Gasteiger partial charge in [-0.15, -0.1) is 0 Å². The third kappa shape index (κ3) is 5.43. The number of rotatable bonds is 8. The van der Waals surface area contributed by atoms with Gasteiger partial charge in [-0.25, -0.2) is 0 Å². The van der Waals surface area contributed by atoms with E-state index in [2.05, 4.69) is 0 Å². The summed E-state index contributed by atoms with van der Waals surface area (Å²) in [5.74, 6) is -0.228. The maximum atomic E-state index is 13.9. The van der Waals surface area contributed by atoms with Crippen molar-refractivity contribution in [2.45, 2.75) is 6.54 Å². The smallest absolute Gasteiger partial charge is 0.258 e. The summed E-state index contributed by atoms with van der Waals surface area (Å²) in [5.41, 5.74) is 11.5. The van der Waals surface area contributed by atoms with E-state index in [0.29, 0.717) is 34.5 Å². The Morgan fingerprint density at radius 3 is 1.95 bits per heavy atom. The van der Waals surface area contributed by atoms with Crippen molar-refractivity contribution in [1.82, 2.24) is 0 Å². The normalized spacial score (nSPS) is 10.6. The van der Waals surface area contributed by atoms with E-state index in [-0.39, 0.29) is 5.91 Å². The Morgan fingerprint density at radius 2 is 1.31 bits per heavy atom. The molecular formula is C34H28N2O3. The van der Waals surface area contributed by atoms with Crippen LogP contribution in [-0.4, -0.2) is 18.9 Å². The molecule has 0 aliphatic heterocycles. The summed E-state index contributed by atoms with van der Waals surface area (Å²) in [6.45, 7) is 0.415. The van der Waals surface area contributed by atoms with Crippen molar-refractivity contribution >= 4 is 17.5 Å². The summed E-state index contributed by atoms with van der Waals surface area (Å²) >= 11 is 0. The Hall–Kier alpha value is -5.16. The minimum Gasteiger partial charge on any atom is -0.496 e. The zero-order chi connectivity index (χ0) is 27.2. The van der Waals surface area contributed by atoms with Gasteiger partial charge in [-0.3, -0.25) is 9.59 Å². The van der Waals surface area contributed by atoms with Crippen molar-refractivity contribution in [1.29, 1.82) is 0 Å². The maximum Gasteiger partial charge on any atom is 0.258 e. The van der Waals surface area contributed by atoms with Gasteiger partial charge in [0.05, 0.1) is 19.2 Å². The lowest BCUT2D eigenvalue weighted by Crippen LogP contribution is -2.30. The number of amides is 2. The molecule has 0 saturated carbocycles. The van der Waals surface area contributed by atoms with Crippen LogP contribution in [-0.2, 0) is 6.54 Å². The van der Waals surface area contributed by atoms with E-state index in [1.165, 1.54) is 0 Å². The van der Waals surface area contributed by atoms with Gasteiger partial charge in [0.25, 0.3) is 5.91 Å². The Morgan fingerprint density at radius 1 is 0.692 bits per heavy atom. The van der Waals surface area contributed by atoms with E-state index in [1.54, 1.807) is 24.1 Å². The minimum absolute atomic E-state index is 0.164. The zero-order valence-electron chi connectivity index (χ0n) is 21.6. The van der Waals surface area contributed by atoms with Crippen molar-refractivity contribution in [3.05, 3.63) is 144 Å². The molecule has 0 bridgehead atoms. The standard InChI is InChI=1S/C34H28N2O3/c1-39-31-22-26(34(38)36(27-16-9-4-10-17-27)23-24-12-5-2-6-13-24)20-21-29(31)30-19-11-18-28(32(30)33(35)37)25-14-7-3-8-15-25/h2-22H,23H2,1H3,(H2,35,37). The Kier molecular flexibility index (Phi) is 7.51. The number of carbonyl (C=O) groups excluding carboxylic acids is 2. The summed E-state index contributed by atoms with van der Waals surface area (Å²) in [4.78, 5) is 28.3. The molecule has 0 unspecified atom stereocenters. The van der Waals surface area contributed by atoms with Gasteiger partial charge in [0.2, 0.25) is 5.91 Å². The molecule has 39 heavy (non-hydrogen) atoms. The van der Waals surface area contributed by atoms with Crippen molar-refractivity contribution in [3.8, 4) is 28.0 Å². The second kappa shape index (κ2) is 11.5. The fraction of sp³-hybridized carbons (Fsp3) is 0.0588. The second-order valence-corrected chi connectivity index (χ2v) is 9.09. The Balaban J connectivity index is 1.57. The molecule has 5 heteroatoms. The van der Waals surface area contributed by atoms with E-state index in [1.807, 2.05) is 115 Å². The third-order valence-corrected chi connectivity index (χ3v) is 6.63. The molecular weight excluding hydrogens is 484 g/mol. The van der Waals surface area contributed by atoms with E-state index in [4.69, 9.17) is 10.5 Å². The third-order valence-electron chi connectivity index (χ3n) is 6.63. The first-order valence-electron chi connectivity index (χ1n) is 12.6. The van der Waals surface area contributed by atoms with E-state index in [0.717, 1.165) is 22.4 Å². The van der Waals surface area contributed by atoms with Crippen molar-refractivity contribution < 1.29 is 14.3 Å². The largest absolute Gasteiger partial charge is 0.496 e. The molecule has 0 heterocycles. The monoisotopic (exact) mass is 512 g/mol. The minimum atomic E-state index is -0.537. The fourth-order valence-corrected chi connectivity index (χ4v) is 4.76. The van der Waals surface area contributed by atoms with Crippen LogP contribution in [0.2, 0.25) is 0 Å². The number of carbonyl (C=O) groups is 2. The van der Waals surface area contributed by atoms with Gasteiger partial charge in [-0.2, -0.15) is 0 Å². The summed E-state index contributed by atoms with van der Waals surface area (Å²) in [6, 6.07) is 40.0. The molecule has 2 N–H and O–H groups in total. The summed E-state index contributed by atoms with van der Waals surface area (Å²) < 4.78 is 5.75. The van der Waals surface area contributed by atoms with Crippen molar-refractivity contribution in [3.63, 3.8) is 0 Å². The van der Waals surface area contributed by atoms with Gasteiger partial charge in [0.15, 0.2) is 0 Å². The second-order valence-electron chi connectivity index (χ2n) is 9.09. The van der Waals surface area contributed by atoms with Gasteiger partial charge < -0.3 is 15.4 Å². The number of hydrogen-bond donors (Lipinski definition) is 1. The number of anilines is 1. The molecule has 2 amide bonds. The van der Waals surface area contributed by atoms with Crippen LogP contribution < -0.4 is 15.4 Å². The molecule has 192 valence electrons. The quantitative estimate of drug-likeness (QED) is 0.244. The molecule has 0 aliphatic rings. The molecule has 5 aromatic rings. The molecule has 0 fully saturated rings. The van der Waals surface area contributed by atoms with E-state index >= 15 is 0 Å². The average molecular weight is 513 g/mol. The Bertz CT molecular complexity index is 1600. The van der Waals surface area contributed by atoms with E-state index < -0.39 is 5.91 Å². The molecule has 0 spiro atoms. The maximum absolute atomic E-state index is 13.9. The van der Waals surface area contributed by atoms with Crippen molar-refractivity contribution in [2.24, 2.45) is 5.73 Å². The SMILES string of the molecule is COc1cc(C(=O)N(Cc2ccccc2)c2ccccc2)ccc1-c1cccc(-c2ccccc2)c1C(N)=O. The molecule has 5 aromatic carbocycles. The van der Waals surface area contributed by atoms with Crippen LogP contribution >= 0.6 is 0 Å². The summed E-state index contributed by atoms with van der Waals surface area (Å²) in [6.07, 6.45) is 0. The number of benzene rings is 5. The summed E-state index contributed by atoms with van der Waals surface area (Å²) in [5, 5.41) is 0. The van der Waals surface area contributed by atoms with Crippen LogP contribution in [0.25, 0.3) is 22.3 Å². The molecule has 0 saturated heterocycles. The van der Waals surface area contributed by atoms with Crippen LogP contribution in [0.4, 0.5) is 5.69 Å². The molecule has 0 radical (unpaired) electrons.